The van der Waals surface area contributed by atoms with Gasteiger partial charge in [0.15, 0.2) is 5.43 Å². The van der Waals surface area contributed by atoms with Crippen molar-refractivity contribution in [3.8, 4) is 0 Å². The molecule has 2 aromatic carbocycles. The lowest BCUT2D eigenvalue weighted by Gasteiger charge is -2.26. The first kappa shape index (κ1) is 17.6. The minimum Gasteiger partial charge on any atom is -0.361 e. The summed E-state index contributed by atoms with van der Waals surface area (Å²) in [6, 6.07) is 18.5. The summed E-state index contributed by atoms with van der Waals surface area (Å²) in [6.07, 6.45) is 3.08. The third kappa shape index (κ3) is 3.16. The van der Waals surface area contributed by atoms with E-state index in [0.717, 1.165) is 54.6 Å². The molecule has 0 saturated heterocycles. The monoisotopic (exact) mass is 354 g/mol. The molecule has 130 valence electrons. The minimum atomic E-state index is 0. The normalized spacial score (nSPS) is 13.9. The lowest BCUT2D eigenvalue weighted by molar-refractivity contribution is 0.736. The van der Waals surface area contributed by atoms with Crippen molar-refractivity contribution in [3.05, 3.63) is 75.9 Å². The Balaban J connectivity index is 0.00000182. The van der Waals surface area contributed by atoms with Gasteiger partial charge in [0.25, 0.3) is 0 Å². The van der Waals surface area contributed by atoms with Crippen molar-refractivity contribution in [2.75, 3.05) is 18.5 Å². The topological polar surface area (TPSA) is 25.2 Å². The van der Waals surface area contributed by atoms with Crippen molar-refractivity contribution >= 4 is 29.1 Å². The van der Waals surface area contributed by atoms with Gasteiger partial charge >= 0.3 is 0 Å². The summed E-state index contributed by atoms with van der Waals surface area (Å²) in [7, 11) is 2.11. The molecular formula is C21H23ClN2O. The molecular weight excluding hydrogens is 332 g/mol. The summed E-state index contributed by atoms with van der Waals surface area (Å²) in [5.41, 5.74) is 3.47. The van der Waals surface area contributed by atoms with E-state index < -0.39 is 0 Å². The van der Waals surface area contributed by atoms with E-state index in [4.69, 9.17) is 0 Å². The van der Waals surface area contributed by atoms with Crippen LogP contribution in [0.5, 0.6) is 0 Å². The van der Waals surface area contributed by atoms with Gasteiger partial charge in [-0.15, -0.1) is 12.4 Å². The number of fused-ring (bicyclic) bond motifs is 2. The summed E-state index contributed by atoms with van der Waals surface area (Å²) >= 11 is 0. The highest BCUT2D eigenvalue weighted by Gasteiger charge is 2.21. The summed E-state index contributed by atoms with van der Waals surface area (Å²) in [6.45, 7) is 1.79. The van der Waals surface area contributed by atoms with E-state index in [9.17, 15) is 4.79 Å². The summed E-state index contributed by atoms with van der Waals surface area (Å²) < 4.78 is 2.33. The average molecular weight is 355 g/mol. The van der Waals surface area contributed by atoms with Gasteiger partial charge in [-0.25, -0.2) is 0 Å². The zero-order chi connectivity index (χ0) is 16.5. The standard InChI is InChI=1S/C21H22N2O.ClH/c1-22-14-8-7-12-18-20(24)17-11-5-6-13-19(17)23(21(18)22)15-16-9-3-2-4-10-16;/h2-6,9-11,13H,7-8,12,14-15H2,1H3;1H. The van der Waals surface area contributed by atoms with Gasteiger partial charge in [-0.2, -0.15) is 0 Å². The van der Waals surface area contributed by atoms with Crippen LogP contribution in [0, 0.1) is 0 Å². The van der Waals surface area contributed by atoms with Crippen LogP contribution in [0.15, 0.2) is 59.4 Å². The molecule has 0 spiro atoms. The van der Waals surface area contributed by atoms with Crippen LogP contribution in [0.1, 0.15) is 24.0 Å². The molecule has 0 unspecified atom stereocenters. The Morgan fingerprint density at radius 2 is 1.68 bits per heavy atom. The van der Waals surface area contributed by atoms with Crippen molar-refractivity contribution in [2.45, 2.75) is 25.8 Å². The van der Waals surface area contributed by atoms with Gasteiger partial charge in [-0.1, -0.05) is 42.5 Å². The van der Waals surface area contributed by atoms with Gasteiger partial charge in [0.2, 0.25) is 0 Å². The van der Waals surface area contributed by atoms with Crippen molar-refractivity contribution < 1.29 is 0 Å². The Morgan fingerprint density at radius 3 is 2.48 bits per heavy atom. The highest BCUT2D eigenvalue weighted by atomic mass is 35.5. The number of hydrogen-bond acceptors (Lipinski definition) is 2. The predicted molar refractivity (Wildman–Crippen MR) is 107 cm³/mol. The Kier molecular flexibility index (Phi) is 5.14. The SMILES string of the molecule is CN1CCCCc2c1n(Cc1ccccc1)c1ccccc1c2=O.Cl. The Bertz CT molecular complexity index is 934. The maximum atomic E-state index is 13.0. The third-order valence-electron chi connectivity index (χ3n) is 4.95. The van der Waals surface area contributed by atoms with Crippen LogP contribution in [-0.4, -0.2) is 18.2 Å². The molecule has 0 bridgehead atoms. The van der Waals surface area contributed by atoms with Crippen molar-refractivity contribution in [2.24, 2.45) is 0 Å². The van der Waals surface area contributed by atoms with Crippen LogP contribution in [0.2, 0.25) is 0 Å². The number of benzene rings is 2. The van der Waals surface area contributed by atoms with E-state index in [-0.39, 0.29) is 17.8 Å². The van der Waals surface area contributed by atoms with E-state index in [1.54, 1.807) is 0 Å². The third-order valence-corrected chi connectivity index (χ3v) is 4.95. The molecule has 0 saturated carbocycles. The number of para-hydroxylation sites is 1. The molecule has 25 heavy (non-hydrogen) atoms. The lowest BCUT2D eigenvalue weighted by Crippen LogP contribution is -2.27. The van der Waals surface area contributed by atoms with Crippen LogP contribution < -0.4 is 10.3 Å². The molecule has 0 atom stereocenters. The predicted octanol–water partition coefficient (Wildman–Crippen LogP) is 4.24. The van der Waals surface area contributed by atoms with Crippen LogP contribution in [0.4, 0.5) is 5.82 Å². The van der Waals surface area contributed by atoms with Gasteiger partial charge in [0, 0.05) is 31.1 Å². The molecule has 3 nitrogen and oxygen atoms in total. The van der Waals surface area contributed by atoms with E-state index >= 15 is 0 Å². The number of rotatable bonds is 2. The molecule has 4 rings (SSSR count). The number of nitrogens with zero attached hydrogens (tertiary/aromatic N) is 2. The summed E-state index contributed by atoms with van der Waals surface area (Å²) in [5.74, 6) is 1.10. The molecule has 0 radical (unpaired) electrons. The Hall–Kier alpha value is -2.26. The first-order valence-electron chi connectivity index (χ1n) is 8.65. The molecule has 1 aliphatic rings. The number of hydrogen-bond donors (Lipinski definition) is 0. The zero-order valence-corrected chi connectivity index (χ0v) is 15.3. The Labute approximate surface area is 154 Å². The quantitative estimate of drug-likeness (QED) is 0.687. The second kappa shape index (κ2) is 7.32. The average Bonchev–Trinajstić information content (AvgIpc) is 2.81. The fraction of sp³-hybridized carbons (Fsp3) is 0.286. The van der Waals surface area contributed by atoms with Crippen molar-refractivity contribution in [1.29, 1.82) is 0 Å². The number of anilines is 1. The van der Waals surface area contributed by atoms with Crippen LogP contribution >= 0.6 is 12.4 Å². The van der Waals surface area contributed by atoms with Gasteiger partial charge in [0.1, 0.15) is 5.82 Å². The Morgan fingerprint density at radius 1 is 0.960 bits per heavy atom. The minimum absolute atomic E-state index is 0. The van der Waals surface area contributed by atoms with Gasteiger partial charge in [-0.3, -0.25) is 4.79 Å². The smallest absolute Gasteiger partial charge is 0.194 e. The number of aromatic nitrogens is 1. The molecule has 0 N–H and O–H groups in total. The summed E-state index contributed by atoms with van der Waals surface area (Å²) in [4.78, 5) is 15.3. The molecule has 2 heterocycles. The second-order valence-electron chi connectivity index (χ2n) is 6.60. The maximum Gasteiger partial charge on any atom is 0.194 e. The van der Waals surface area contributed by atoms with Gasteiger partial charge < -0.3 is 9.47 Å². The van der Waals surface area contributed by atoms with Crippen molar-refractivity contribution in [3.63, 3.8) is 0 Å². The molecule has 4 heteroatoms. The molecule has 1 aromatic heterocycles. The molecule has 3 aromatic rings. The van der Waals surface area contributed by atoms with Gasteiger partial charge in [0.05, 0.1) is 5.52 Å². The number of pyridine rings is 1. The maximum absolute atomic E-state index is 13.0. The van der Waals surface area contributed by atoms with E-state index in [2.05, 4.69) is 46.8 Å². The molecule has 1 aliphatic heterocycles. The molecule has 0 fully saturated rings. The zero-order valence-electron chi connectivity index (χ0n) is 14.4. The van der Waals surface area contributed by atoms with E-state index in [0.29, 0.717) is 0 Å². The lowest BCUT2D eigenvalue weighted by atomic mass is 10.1. The van der Waals surface area contributed by atoms with Crippen molar-refractivity contribution in [1.82, 2.24) is 4.57 Å². The number of halogens is 1. The van der Waals surface area contributed by atoms with Crippen LogP contribution in [0.3, 0.4) is 0 Å². The fourth-order valence-corrected chi connectivity index (χ4v) is 3.79. The van der Waals surface area contributed by atoms with Crippen LogP contribution in [-0.2, 0) is 13.0 Å². The van der Waals surface area contributed by atoms with Gasteiger partial charge in [-0.05, 0) is 37.0 Å². The second-order valence-corrected chi connectivity index (χ2v) is 6.60. The molecule has 0 amide bonds. The molecule has 0 aliphatic carbocycles. The fourth-order valence-electron chi connectivity index (χ4n) is 3.79. The first-order valence-corrected chi connectivity index (χ1v) is 8.65. The summed E-state index contributed by atoms with van der Waals surface area (Å²) in [5, 5.41) is 0.836. The van der Waals surface area contributed by atoms with E-state index in [1.807, 2.05) is 24.3 Å². The van der Waals surface area contributed by atoms with Crippen LogP contribution in [0.25, 0.3) is 10.9 Å². The largest absolute Gasteiger partial charge is 0.361 e. The highest BCUT2D eigenvalue weighted by molar-refractivity contribution is 5.85. The first-order chi connectivity index (χ1) is 11.8. The van der Waals surface area contributed by atoms with E-state index in [1.165, 1.54) is 5.56 Å². The highest BCUT2D eigenvalue weighted by Crippen LogP contribution is 2.28.